The summed E-state index contributed by atoms with van der Waals surface area (Å²) in [5.41, 5.74) is 7.93. The molecule has 6 nitrogen and oxygen atoms in total. The Morgan fingerprint density at radius 2 is 1.88 bits per heavy atom. The van der Waals surface area contributed by atoms with Gasteiger partial charge in [-0.3, -0.25) is 4.79 Å². The van der Waals surface area contributed by atoms with Gasteiger partial charge < -0.3 is 20.7 Å². The molecule has 0 aliphatic carbocycles. The smallest absolute Gasteiger partial charge is 0.312 e. The molecule has 0 unspecified atom stereocenters. The Balaban J connectivity index is 1.98. The highest BCUT2D eigenvalue weighted by atomic mass is 16.5. The Bertz CT molecular complexity index is 848. The summed E-state index contributed by atoms with van der Waals surface area (Å²) >= 11 is 0. The second kappa shape index (κ2) is 7.07. The lowest BCUT2D eigenvalue weighted by Crippen LogP contribution is -2.53. The average molecular weight is 353 g/mol. The van der Waals surface area contributed by atoms with Gasteiger partial charge in [0.25, 0.3) is 0 Å². The molecular formula is C20H23N3O3. The first-order valence-corrected chi connectivity index (χ1v) is 8.60. The van der Waals surface area contributed by atoms with Gasteiger partial charge in [-0.25, -0.2) is 4.79 Å². The number of amides is 3. The minimum absolute atomic E-state index is 0.218. The maximum Gasteiger partial charge on any atom is 0.312 e. The molecule has 3 N–H and O–H groups in total. The van der Waals surface area contributed by atoms with Crippen LogP contribution in [0.2, 0.25) is 0 Å². The van der Waals surface area contributed by atoms with Crippen molar-refractivity contribution in [2.24, 2.45) is 5.73 Å². The van der Waals surface area contributed by atoms with E-state index in [1.807, 2.05) is 42.5 Å². The summed E-state index contributed by atoms with van der Waals surface area (Å²) in [6, 6.07) is 12.2. The van der Waals surface area contributed by atoms with E-state index in [1.54, 1.807) is 7.05 Å². The lowest BCUT2D eigenvalue weighted by atomic mass is 9.97. The lowest BCUT2D eigenvalue weighted by molar-refractivity contribution is -0.120. The van der Waals surface area contributed by atoms with E-state index in [0.29, 0.717) is 18.1 Å². The van der Waals surface area contributed by atoms with Crippen LogP contribution < -0.4 is 20.7 Å². The summed E-state index contributed by atoms with van der Waals surface area (Å²) in [7, 11) is 1.68. The molecule has 2 aromatic carbocycles. The second-order valence-electron chi connectivity index (χ2n) is 6.72. The molecule has 6 heteroatoms. The van der Waals surface area contributed by atoms with Crippen molar-refractivity contribution in [2.45, 2.75) is 32.2 Å². The van der Waals surface area contributed by atoms with E-state index >= 15 is 0 Å². The van der Waals surface area contributed by atoms with Crippen molar-refractivity contribution >= 4 is 17.6 Å². The normalized spacial score (nSPS) is 16.4. The summed E-state index contributed by atoms with van der Waals surface area (Å²) in [5, 5.41) is 2.50. The predicted molar refractivity (Wildman–Crippen MR) is 101 cm³/mol. The van der Waals surface area contributed by atoms with Crippen molar-refractivity contribution in [1.29, 1.82) is 0 Å². The standard InChI is InChI=1S/C20H23N3O3/c1-12(2)14-8-4-5-9-16(14)26-17-10-6-7-13-11-15(22-20(21)25)19(24)23(3)18(13)17/h4-10,12,15H,11H2,1-3H3,(H3,21,22,25)/t15-/m1/s1. The van der Waals surface area contributed by atoms with E-state index in [2.05, 4.69) is 19.2 Å². The molecule has 3 rings (SSSR count). The van der Waals surface area contributed by atoms with E-state index in [-0.39, 0.29) is 5.91 Å². The van der Waals surface area contributed by atoms with Gasteiger partial charge in [-0.2, -0.15) is 0 Å². The van der Waals surface area contributed by atoms with Gasteiger partial charge >= 0.3 is 6.03 Å². The van der Waals surface area contributed by atoms with Gasteiger partial charge in [-0.1, -0.05) is 44.2 Å². The van der Waals surface area contributed by atoms with Crippen molar-refractivity contribution in [1.82, 2.24) is 5.32 Å². The van der Waals surface area contributed by atoms with Crippen LogP contribution in [0.4, 0.5) is 10.5 Å². The number of anilines is 1. The molecule has 0 saturated carbocycles. The topological polar surface area (TPSA) is 84.7 Å². The number of carbonyl (C=O) groups is 2. The quantitative estimate of drug-likeness (QED) is 0.885. The van der Waals surface area contributed by atoms with Gasteiger partial charge in [-0.05, 0) is 29.2 Å². The minimum Gasteiger partial charge on any atom is -0.455 e. The highest BCUT2D eigenvalue weighted by Crippen LogP contribution is 2.40. The van der Waals surface area contributed by atoms with Crippen molar-refractivity contribution in [3.05, 3.63) is 53.6 Å². The molecule has 0 fully saturated rings. The van der Waals surface area contributed by atoms with Gasteiger partial charge in [0.1, 0.15) is 11.8 Å². The van der Waals surface area contributed by atoms with Gasteiger partial charge in [0.2, 0.25) is 5.91 Å². The Hall–Kier alpha value is -3.02. The molecule has 0 bridgehead atoms. The molecule has 1 heterocycles. The number of nitrogens with two attached hydrogens (primary N) is 1. The fourth-order valence-corrected chi connectivity index (χ4v) is 3.30. The van der Waals surface area contributed by atoms with Crippen LogP contribution in [0.15, 0.2) is 42.5 Å². The molecule has 0 aromatic heterocycles. The molecular weight excluding hydrogens is 330 g/mol. The monoisotopic (exact) mass is 353 g/mol. The SMILES string of the molecule is CC(C)c1ccccc1Oc1cccc2c1N(C)C(=O)[C@H](NC(N)=O)C2. The van der Waals surface area contributed by atoms with Crippen LogP contribution in [0.3, 0.4) is 0 Å². The van der Waals surface area contributed by atoms with Crippen molar-refractivity contribution in [2.75, 3.05) is 11.9 Å². The first-order chi connectivity index (χ1) is 12.4. The number of rotatable bonds is 4. The number of likely N-dealkylation sites (N-methyl/N-ethyl adjacent to an activating group) is 1. The summed E-state index contributed by atoms with van der Waals surface area (Å²) in [5.74, 6) is 1.48. The number of urea groups is 1. The predicted octanol–water partition coefficient (Wildman–Crippen LogP) is 3.16. The fourth-order valence-electron chi connectivity index (χ4n) is 3.30. The second-order valence-corrected chi connectivity index (χ2v) is 6.72. The van der Waals surface area contributed by atoms with Crippen LogP contribution in [0, 0.1) is 0 Å². The largest absolute Gasteiger partial charge is 0.455 e. The van der Waals surface area contributed by atoms with Gasteiger partial charge in [0.15, 0.2) is 5.75 Å². The van der Waals surface area contributed by atoms with Crippen molar-refractivity contribution < 1.29 is 14.3 Å². The maximum atomic E-state index is 12.6. The Morgan fingerprint density at radius 1 is 1.19 bits per heavy atom. The van der Waals surface area contributed by atoms with E-state index in [4.69, 9.17) is 10.5 Å². The van der Waals surface area contributed by atoms with E-state index in [9.17, 15) is 9.59 Å². The highest BCUT2D eigenvalue weighted by molar-refractivity contribution is 6.02. The number of fused-ring (bicyclic) bond motifs is 1. The number of primary amides is 1. The Kier molecular flexibility index (Phi) is 4.84. The molecule has 0 radical (unpaired) electrons. The first-order valence-electron chi connectivity index (χ1n) is 8.60. The minimum atomic E-state index is -0.710. The Morgan fingerprint density at radius 3 is 2.58 bits per heavy atom. The van der Waals surface area contributed by atoms with Crippen molar-refractivity contribution in [3.63, 3.8) is 0 Å². The molecule has 3 amide bonds. The molecule has 1 aliphatic rings. The number of ether oxygens (including phenoxy) is 1. The van der Waals surface area contributed by atoms with Crippen LogP contribution in [-0.4, -0.2) is 25.0 Å². The molecule has 1 atom stereocenters. The van der Waals surface area contributed by atoms with Crippen LogP contribution in [0.1, 0.15) is 30.9 Å². The molecule has 26 heavy (non-hydrogen) atoms. The summed E-state index contributed by atoms with van der Waals surface area (Å²) in [6.45, 7) is 4.22. The maximum absolute atomic E-state index is 12.6. The number of hydrogen-bond acceptors (Lipinski definition) is 3. The van der Waals surface area contributed by atoms with Gasteiger partial charge in [0.05, 0.1) is 5.69 Å². The molecule has 2 aromatic rings. The summed E-state index contributed by atoms with van der Waals surface area (Å²) in [6.07, 6.45) is 0.379. The average Bonchev–Trinajstić information content (AvgIpc) is 2.59. The van der Waals surface area contributed by atoms with Gasteiger partial charge in [0, 0.05) is 13.5 Å². The molecule has 1 aliphatic heterocycles. The number of carbonyl (C=O) groups excluding carboxylic acids is 2. The third kappa shape index (κ3) is 3.35. The summed E-state index contributed by atoms with van der Waals surface area (Å²) < 4.78 is 6.20. The fraction of sp³-hybridized carbons (Fsp3) is 0.300. The van der Waals surface area contributed by atoms with E-state index in [1.165, 1.54) is 4.90 Å². The molecule has 0 spiro atoms. The lowest BCUT2D eigenvalue weighted by Gasteiger charge is -2.33. The zero-order valence-electron chi connectivity index (χ0n) is 15.2. The zero-order chi connectivity index (χ0) is 18.8. The summed E-state index contributed by atoms with van der Waals surface area (Å²) in [4.78, 5) is 25.3. The molecule has 0 saturated heterocycles. The number of nitrogens with zero attached hydrogens (tertiary/aromatic N) is 1. The first kappa shape index (κ1) is 17.8. The van der Waals surface area contributed by atoms with E-state index in [0.717, 1.165) is 22.6 Å². The van der Waals surface area contributed by atoms with Crippen LogP contribution in [0.25, 0.3) is 0 Å². The Labute approximate surface area is 152 Å². The highest BCUT2D eigenvalue weighted by Gasteiger charge is 2.33. The third-order valence-electron chi connectivity index (χ3n) is 4.55. The van der Waals surface area contributed by atoms with Crippen LogP contribution >= 0.6 is 0 Å². The van der Waals surface area contributed by atoms with Crippen LogP contribution in [0.5, 0.6) is 11.5 Å². The number of benzene rings is 2. The zero-order valence-corrected chi connectivity index (χ0v) is 15.2. The third-order valence-corrected chi connectivity index (χ3v) is 4.55. The van der Waals surface area contributed by atoms with Gasteiger partial charge in [-0.15, -0.1) is 0 Å². The number of nitrogens with one attached hydrogen (secondary N) is 1. The number of hydrogen-bond donors (Lipinski definition) is 2. The molecule has 136 valence electrons. The van der Waals surface area contributed by atoms with Crippen molar-refractivity contribution in [3.8, 4) is 11.5 Å². The number of para-hydroxylation sites is 2. The van der Waals surface area contributed by atoms with E-state index < -0.39 is 12.1 Å². The van der Waals surface area contributed by atoms with Crippen LogP contribution in [-0.2, 0) is 11.2 Å².